The van der Waals surface area contributed by atoms with Gasteiger partial charge in [-0.15, -0.1) is 0 Å². The Kier molecular flexibility index (Phi) is 4.34. The van der Waals surface area contributed by atoms with E-state index in [0.717, 1.165) is 11.1 Å². The van der Waals surface area contributed by atoms with E-state index in [1.54, 1.807) is 6.08 Å². The van der Waals surface area contributed by atoms with Crippen molar-refractivity contribution in [3.8, 4) is 16.9 Å². The predicted molar refractivity (Wildman–Crippen MR) is 89.4 cm³/mol. The fraction of sp³-hybridized carbons (Fsp3) is 0.0526. The van der Waals surface area contributed by atoms with E-state index in [-0.39, 0.29) is 5.70 Å². The summed E-state index contributed by atoms with van der Waals surface area (Å²) in [5.41, 5.74) is 2.86. The summed E-state index contributed by atoms with van der Waals surface area (Å²) >= 11 is 0. The Morgan fingerprint density at radius 3 is 2.39 bits per heavy atom. The Bertz CT molecular complexity index is 787. The molecule has 0 unspecified atom stereocenters. The fourth-order valence-electron chi connectivity index (χ4n) is 2.35. The number of hydrogen-bond donors (Lipinski definition) is 0. The molecule has 1 aliphatic rings. The van der Waals surface area contributed by atoms with Crippen molar-refractivity contribution in [1.29, 1.82) is 0 Å². The molecule has 4 heteroatoms. The third-order valence-corrected chi connectivity index (χ3v) is 3.55. The Balaban J connectivity index is 1.74. The van der Waals surface area contributed by atoms with Crippen LogP contribution in [0.25, 0.3) is 11.1 Å². The van der Waals surface area contributed by atoms with Gasteiger partial charge < -0.3 is 4.74 Å². The molecule has 114 valence electrons. The van der Waals surface area contributed by atoms with E-state index in [1.807, 2.05) is 60.7 Å². The number of rotatable bonds is 4. The van der Waals surface area contributed by atoms with Crippen LogP contribution in [0.4, 0.5) is 0 Å². The van der Waals surface area contributed by atoms with Gasteiger partial charge in [-0.25, -0.2) is 0 Å². The van der Waals surface area contributed by atoms with Gasteiger partial charge in [0, 0.05) is 12.5 Å². The van der Waals surface area contributed by atoms with Crippen LogP contribution in [0.2, 0.25) is 0 Å². The lowest BCUT2D eigenvalue weighted by Crippen LogP contribution is -2.05. The minimum Gasteiger partial charge on any atom is -0.464 e. The van der Waals surface area contributed by atoms with Crippen molar-refractivity contribution in [3.05, 3.63) is 100 Å². The largest absolute Gasteiger partial charge is 0.464 e. The summed E-state index contributed by atoms with van der Waals surface area (Å²) in [6.07, 6.45) is 6.98. The highest BCUT2D eigenvalue weighted by molar-refractivity contribution is 5.63. The summed E-state index contributed by atoms with van der Waals surface area (Å²) in [7, 11) is 0. The molecule has 4 nitrogen and oxygen atoms in total. The van der Waals surface area contributed by atoms with Gasteiger partial charge in [-0.05, 0) is 23.3 Å². The first-order valence-electron chi connectivity index (χ1n) is 7.27. The van der Waals surface area contributed by atoms with Gasteiger partial charge in [0.2, 0.25) is 0 Å². The Morgan fingerprint density at radius 1 is 1.00 bits per heavy atom. The van der Waals surface area contributed by atoms with Crippen LogP contribution in [-0.4, -0.2) is 4.92 Å². The van der Waals surface area contributed by atoms with E-state index in [4.69, 9.17) is 4.74 Å². The quantitative estimate of drug-likeness (QED) is 0.466. The van der Waals surface area contributed by atoms with E-state index < -0.39 is 4.92 Å². The smallest absolute Gasteiger partial charge is 0.275 e. The molecule has 1 aliphatic carbocycles. The lowest BCUT2D eigenvalue weighted by atomic mass is 10.1. The maximum Gasteiger partial charge on any atom is 0.275 e. The van der Waals surface area contributed by atoms with Crippen LogP contribution < -0.4 is 4.74 Å². The van der Waals surface area contributed by atoms with Crippen LogP contribution in [0.3, 0.4) is 0 Å². The van der Waals surface area contributed by atoms with E-state index in [1.165, 1.54) is 12.3 Å². The molecule has 0 amide bonds. The molecule has 0 fully saturated rings. The van der Waals surface area contributed by atoms with E-state index in [9.17, 15) is 10.1 Å². The van der Waals surface area contributed by atoms with Gasteiger partial charge in [0.15, 0.2) is 0 Å². The second-order valence-electron chi connectivity index (χ2n) is 5.09. The number of allylic oxidation sites excluding steroid dienone is 4. The van der Waals surface area contributed by atoms with Crippen LogP contribution in [0, 0.1) is 10.1 Å². The third kappa shape index (κ3) is 3.55. The summed E-state index contributed by atoms with van der Waals surface area (Å²) in [6, 6.07) is 17.7. The molecular weight excluding hydrogens is 290 g/mol. The second-order valence-corrected chi connectivity index (χ2v) is 5.09. The molecule has 0 saturated heterocycles. The first-order valence-corrected chi connectivity index (χ1v) is 7.27. The average molecular weight is 305 g/mol. The molecular formula is C19H15NO3. The maximum absolute atomic E-state index is 11.0. The van der Waals surface area contributed by atoms with E-state index in [0.29, 0.717) is 17.7 Å². The normalized spacial score (nSPS) is 15.3. The van der Waals surface area contributed by atoms with E-state index >= 15 is 0 Å². The van der Waals surface area contributed by atoms with Crippen molar-refractivity contribution in [2.45, 2.75) is 6.42 Å². The van der Waals surface area contributed by atoms with Gasteiger partial charge in [-0.2, -0.15) is 0 Å². The molecule has 2 aromatic rings. The number of nitro groups is 1. The number of benzene rings is 2. The second kappa shape index (κ2) is 6.75. The Labute approximate surface area is 134 Å². The fourth-order valence-corrected chi connectivity index (χ4v) is 2.35. The molecule has 0 aliphatic heterocycles. The van der Waals surface area contributed by atoms with Gasteiger partial charge >= 0.3 is 0 Å². The summed E-state index contributed by atoms with van der Waals surface area (Å²) in [4.78, 5) is 10.6. The van der Waals surface area contributed by atoms with Crippen LogP contribution in [0.5, 0.6) is 5.75 Å². The lowest BCUT2D eigenvalue weighted by Gasteiger charge is -2.07. The molecule has 0 heterocycles. The van der Waals surface area contributed by atoms with Gasteiger partial charge in [0.05, 0.1) is 10.5 Å². The first kappa shape index (κ1) is 14.8. The summed E-state index contributed by atoms with van der Waals surface area (Å²) in [6.45, 7) is 0. The molecule has 2 aromatic carbocycles. The molecule has 0 atom stereocenters. The summed E-state index contributed by atoms with van der Waals surface area (Å²) in [5, 5.41) is 11.0. The molecule has 0 N–H and O–H groups in total. The highest BCUT2D eigenvalue weighted by Crippen LogP contribution is 2.24. The van der Waals surface area contributed by atoms with Crippen LogP contribution in [0.1, 0.15) is 6.42 Å². The number of ether oxygens (including phenoxy) is 1. The van der Waals surface area contributed by atoms with Gasteiger partial charge in [0.1, 0.15) is 12.0 Å². The summed E-state index contributed by atoms with van der Waals surface area (Å²) < 4.78 is 5.58. The van der Waals surface area contributed by atoms with Crippen molar-refractivity contribution >= 4 is 0 Å². The predicted octanol–water partition coefficient (Wildman–Crippen LogP) is 4.74. The number of nitrogens with zero attached hydrogens (tertiary/aromatic N) is 1. The average Bonchev–Trinajstić information content (AvgIpc) is 2.61. The minimum atomic E-state index is -0.392. The summed E-state index contributed by atoms with van der Waals surface area (Å²) in [5.74, 6) is 0.648. The minimum absolute atomic E-state index is 0.0772. The van der Waals surface area contributed by atoms with Crippen molar-refractivity contribution in [2.24, 2.45) is 0 Å². The van der Waals surface area contributed by atoms with Gasteiger partial charge in [0.25, 0.3) is 5.70 Å². The Morgan fingerprint density at radius 2 is 1.70 bits per heavy atom. The molecule has 0 spiro atoms. The van der Waals surface area contributed by atoms with Crippen LogP contribution in [-0.2, 0) is 0 Å². The Hall–Kier alpha value is -3.14. The lowest BCUT2D eigenvalue weighted by molar-refractivity contribution is -0.421. The highest BCUT2D eigenvalue weighted by atomic mass is 16.6. The van der Waals surface area contributed by atoms with Crippen LogP contribution in [0.15, 0.2) is 90.4 Å². The monoisotopic (exact) mass is 305 g/mol. The third-order valence-electron chi connectivity index (χ3n) is 3.55. The van der Waals surface area contributed by atoms with Crippen LogP contribution >= 0.6 is 0 Å². The zero-order chi connectivity index (χ0) is 16.1. The molecule has 3 rings (SSSR count). The van der Waals surface area contributed by atoms with Crippen molar-refractivity contribution in [1.82, 2.24) is 0 Å². The SMILES string of the molecule is O=[N+]([O-])C1=CC=CCC1=COc1ccc(-c2ccccc2)cc1. The highest BCUT2D eigenvalue weighted by Gasteiger charge is 2.18. The molecule has 0 saturated carbocycles. The zero-order valence-corrected chi connectivity index (χ0v) is 12.4. The molecule has 0 aromatic heterocycles. The van der Waals surface area contributed by atoms with Crippen molar-refractivity contribution in [2.75, 3.05) is 0 Å². The van der Waals surface area contributed by atoms with Crippen molar-refractivity contribution in [3.63, 3.8) is 0 Å². The molecule has 23 heavy (non-hydrogen) atoms. The maximum atomic E-state index is 11.0. The molecule has 0 radical (unpaired) electrons. The van der Waals surface area contributed by atoms with E-state index in [2.05, 4.69) is 0 Å². The topological polar surface area (TPSA) is 52.4 Å². The van der Waals surface area contributed by atoms with Crippen molar-refractivity contribution < 1.29 is 9.66 Å². The van der Waals surface area contributed by atoms with Gasteiger partial charge in [-0.1, -0.05) is 54.6 Å². The first-order chi connectivity index (χ1) is 11.2. The van der Waals surface area contributed by atoms with Gasteiger partial charge in [-0.3, -0.25) is 10.1 Å². The molecule has 0 bridgehead atoms. The number of hydrogen-bond acceptors (Lipinski definition) is 3. The zero-order valence-electron chi connectivity index (χ0n) is 12.4. The standard InChI is InChI=1S/C19H15NO3/c21-20(22)19-9-5-4-8-17(19)14-23-18-12-10-16(11-13-18)15-6-2-1-3-7-15/h1-7,9-14H,8H2.